The van der Waals surface area contributed by atoms with Crippen LogP contribution in [-0.4, -0.2) is 54.8 Å². The zero-order valence-electron chi connectivity index (χ0n) is 16.8. The van der Waals surface area contributed by atoms with Gasteiger partial charge in [0.15, 0.2) is 0 Å². The average Bonchev–Trinajstić information content (AvgIpc) is 2.65. The van der Waals surface area contributed by atoms with Gasteiger partial charge in [0.2, 0.25) is 5.91 Å². The van der Waals surface area contributed by atoms with Crippen LogP contribution in [0.25, 0.3) is 0 Å². The molecule has 0 radical (unpaired) electrons. The van der Waals surface area contributed by atoms with Crippen LogP contribution in [0.15, 0.2) is 24.4 Å². The molecule has 2 aliphatic heterocycles. The van der Waals surface area contributed by atoms with Gasteiger partial charge in [-0.3, -0.25) is 9.53 Å². The van der Waals surface area contributed by atoms with Crippen molar-refractivity contribution in [2.45, 2.75) is 25.7 Å². The number of aromatic nitrogens is 2. The molecule has 4 heterocycles. The number of halogens is 4. The van der Waals surface area contributed by atoms with Gasteiger partial charge in [0.25, 0.3) is 0 Å². The second-order valence-electron chi connectivity index (χ2n) is 7.50. The van der Waals surface area contributed by atoms with E-state index in [2.05, 4.69) is 25.3 Å². The lowest BCUT2D eigenvalue weighted by molar-refractivity contribution is -0.380. The van der Waals surface area contributed by atoms with Crippen LogP contribution < -0.4 is 20.4 Å². The highest BCUT2D eigenvalue weighted by Gasteiger charge is 2.51. The van der Waals surface area contributed by atoms with Gasteiger partial charge in [-0.25, -0.2) is 9.97 Å². The first-order valence-electron chi connectivity index (χ1n) is 9.43. The van der Waals surface area contributed by atoms with Crippen molar-refractivity contribution in [3.8, 4) is 0 Å². The van der Waals surface area contributed by atoms with Crippen molar-refractivity contribution in [3.05, 3.63) is 35.7 Å². The number of pyridine rings is 2. The molecule has 2 aromatic heterocycles. The number of nitrogens with one attached hydrogen (secondary N) is 2. The van der Waals surface area contributed by atoms with E-state index in [9.17, 15) is 22.4 Å². The molecule has 8 nitrogen and oxygen atoms in total. The molecule has 0 unspecified atom stereocenters. The van der Waals surface area contributed by atoms with Gasteiger partial charge in [-0.15, -0.1) is 0 Å². The standard InChI is InChI=1S/C19H20F4N6O2/c1-11-17-13(28(2)8-16(30)27-17)5-14(26-11)24-6-12-3-4-15(25-7-12)29-9-18(20,21)31-19(22,23)10-29/h3-5,7H,6,8-10H2,1-2H3,(H,24,26)(H,27,30). The van der Waals surface area contributed by atoms with Crippen LogP contribution >= 0.6 is 0 Å². The Morgan fingerprint density at radius 3 is 2.58 bits per heavy atom. The van der Waals surface area contributed by atoms with Crippen molar-refractivity contribution in [1.82, 2.24) is 9.97 Å². The van der Waals surface area contributed by atoms with Crippen molar-refractivity contribution in [2.24, 2.45) is 0 Å². The highest BCUT2D eigenvalue weighted by atomic mass is 19.3. The molecule has 2 aromatic rings. The summed E-state index contributed by atoms with van der Waals surface area (Å²) in [4.78, 5) is 22.8. The third-order valence-electron chi connectivity index (χ3n) is 4.89. The molecule has 12 heteroatoms. The topological polar surface area (TPSA) is 82.6 Å². The van der Waals surface area contributed by atoms with Gasteiger partial charge in [-0.2, -0.15) is 17.6 Å². The number of hydrogen-bond donors (Lipinski definition) is 2. The normalized spacial score (nSPS) is 19.6. The molecule has 0 aromatic carbocycles. The summed E-state index contributed by atoms with van der Waals surface area (Å²) >= 11 is 0. The molecule has 0 saturated carbocycles. The second kappa shape index (κ2) is 7.52. The van der Waals surface area contributed by atoms with Crippen molar-refractivity contribution in [1.29, 1.82) is 0 Å². The summed E-state index contributed by atoms with van der Waals surface area (Å²) in [6.07, 6.45) is -6.51. The van der Waals surface area contributed by atoms with Gasteiger partial charge >= 0.3 is 12.2 Å². The number of amides is 1. The maximum absolute atomic E-state index is 13.4. The largest absolute Gasteiger partial charge is 0.377 e. The van der Waals surface area contributed by atoms with Crippen LogP contribution in [0.3, 0.4) is 0 Å². The molecular formula is C19H20F4N6O2. The van der Waals surface area contributed by atoms with Gasteiger partial charge in [-0.05, 0) is 18.6 Å². The Morgan fingerprint density at radius 1 is 1.23 bits per heavy atom. The predicted octanol–water partition coefficient (Wildman–Crippen LogP) is 2.81. The molecule has 0 atom stereocenters. The minimum absolute atomic E-state index is 0.00603. The lowest BCUT2D eigenvalue weighted by Crippen LogP contribution is -2.55. The first kappa shape index (κ1) is 21.1. The molecule has 4 rings (SSSR count). The Labute approximate surface area is 175 Å². The van der Waals surface area contributed by atoms with Crippen LogP contribution in [-0.2, 0) is 16.1 Å². The van der Waals surface area contributed by atoms with Crippen molar-refractivity contribution in [2.75, 3.05) is 47.1 Å². The monoisotopic (exact) mass is 440 g/mol. The van der Waals surface area contributed by atoms with E-state index in [0.29, 0.717) is 29.3 Å². The van der Waals surface area contributed by atoms with E-state index >= 15 is 0 Å². The summed E-state index contributed by atoms with van der Waals surface area (Å²) in [5.74, 6) is 0.477. The Balaban J connectivity index is 1.44. The molecule has 2 aliphatic rings. The van der Waals surface area contributed by atoms with Crippen LogP contribution in [0, 0.1) is 6.92 Å². The number of likely N-dealkylation sites (N-methyl/N-ethyl adjacent to an activating group) is 1. The maximum atomic E-state index is 13.4. The first-order valence-corrected chi connectivity index (χ1v) is 9.43. The van der Waals surface area contributed by atoms with E-state index in [1.165, 1.54) is 12.3 Å². The highest BCUT2D eigenvalue weighted by molar-refractivity contribution is 6.02. The summed E-state index contributed by atoms with van der Waals surface area (Å²) in [6, 6.07) is 4.82. The fraction of sp³-hybridized carbons (Fsp3) is 0.421. The number of morpholine rings is 1. The van der Waals surface area contributed by atoms with Crippen LogP contribution in [0.2, 0.25) is 0 Å². The highest BCUT2D eigenvalue weighted by Crippen LogP contribution is 2.35. The summed E-state index contributed by atoms with van der Waals surface area (Å²) in [7, 11) is 1.81. The van der Waals surface area contributed by atoms with Crippen LogP contribution in [0.4, 0.5) is 40.6 Å². The predicted molar refractivity (Wildman–Crippen MR) is 106 cm³/mol. The van der Waals surface area contributed by atoms with Crippen molar-refractivity contribution < 1.29 is 27.1 Å². The fourth-order valence-corrected chi connectivity index (χ4v) is 3.53. The number of carbonyl (C=O) groups excluding carboxylic acids is 1. The molecule has 166 valence electrons. The Hall–Kier alpha value is -3.15. The minimum atomic E-state index is -3.97. The molecule has 1 saturated heterocycles. The molecular weight excluding hydrogens is 420 g/mol. The summed E-state index contributed by atoms with van der Waals surface area (Å²) < 4.78 is 57.1. The third kappa shape index (κ3) is 4.63. The molecule has 1 fully saturated rings. The molecule has 0 bridgehead atoms. The van der Waals surface area contributed by atoms with Gasteiger partial charge in [0.1, 0.15) is 24.7 Å². The minimum Gasteiger partial charge on any atom is -0.366 e. The van der Waals surface area contributed by atoms with E-state index in [0.717, 1.165) is 10.6 Å². The first-order chi connectivity index (χ1) is 14.5. The van der Waals surface area contributed by atoms with E-state index in [-0.39, 0.29) is 18.3 Å². The summed E-state index contributed by atoms with van der Waals surface area (Å²) in [6.45, 7) is 0.337. The summed E-state index contributed by atoms with van der Waals surface area (Å²) in [5, 5.41) is 5.95. The molecule has 0 aliphatic carbocycles. The Morgan fingerprint density at radius 2 is 1.94 bits per heavy atom. The Kier molecular flexibility index (Phi) is 5.12. The number of aryl methyl sites for hydroxylation is 1. The van der Waals surface area contributed by atoms with E-state index in [4.69, 9.17) is 0 Å². The quantitative estimate of drug-likeness (QED) is 0.708. The van der Waals surface area contributed by atoms with Crippen LogP contribution in [0.5, 0.6) is 0 Å². The molecule has 31 heavy (non-hydrogen) atoms. The zero-order chi connectivity index (χ0) is 22.4. The Bertz CT molecular complexity index is 986. The van der Waals surface area contributed by atoms with Crippen LogP contribution in [0.1, 0.15) is 11.3 Å². The average molecular weight is 440 g/mol. The second-order valence-corrected chi connectivity index (χ2v) is 7.50. The lowest BCUT2D eigenvalue weighted by Gasteiger charge is -2.37. The number of fused-ring (bicyclic) bond motifs is 1. The third-order valence-corrected chi connectivity index (χ3v) is 4.89. The number of alkyl halides is 4. The maximum Gasteiger partial charge on any atom is 0.377 e. The number of ether oxygens (including phenoxy) is 1. The van der Waals surface area contributed by atoms with E-state index in [1.807, 2.05) is 18.0 Å². The number of rotatable bonds is 4. The lowest BCUT2D eigenvalue weighted by atomic mass is 10.2. The number of carbonyl (C=O) groups is 1. The fourth-order valence-electron chi connectivity index (χ4n) is 3.53. The number of anilines is 4. The van der Waals surface area contributed by atoms with Crippen molar-refractivity contribution in [3.63, 3.8) is 0 Å². The number of hydrogen-bond acceptors (Lipinski definition) is 7. The van der Waals surface area contributed by atoms with Gasteiger partial charge < -0.3 is 20.4 Å². The van der Waals surface area contributed by atoms with Crippen molar-refractivity contribution >= 4 is 28.9 Å². The SMILES string of the molecule is Cc1nc(NCc2ccc(N3CC(F)(F)OC(F)(F)C3)nc2)cc2c1NC(=O)CN2C. The van der Waals surface area contributed by atoms with Gasteiger partial charge in [0.05, 0.1) is 23.6 Å². The number of nitrogens with zero attached hydrogens (tertiary/aromatic N) is 4. The molecule has 2 N–H and O–H groups in total. The van der Waals surface area contributed by atoms with E-state index in [1.54, 1.807) is 13.0 Å². The summed E-state index contributed by atoms with van der Waals surface area (Å²) in [5.41, 5.74) is 2.85. The van der Waals surface area contributed by atoms with Gasteiger partial charge in [0, 0.05) is 25.9 Å². The van der Waals surface area contributed by atoms with E-state index < -0.39 is 25.3 Å². The molecule has 1 amide bonds. The molecule has 0 spiro atoms. The van der Waals surface area contributed by atoms with Gasteiger partial charge in [-0.1, -0.05) is 6.07 Å². The smallest absolute Gasteiger partial charge is 0.366 e. The zero-order valence-corrected chi connectivity index (χ0v) is 16.8.